The molecule has 0 radical (unpaired) electrons. The molecule has 3 nitrogen and oxygen atoms in total. The van der Waals surface area contributed by atoms with E-state index in [-0.39, 0.29) is 17.7 Å². The highest BCUT2D eigenvalue weighted by molar-refractivity contribution is 6.90. The zero-order valence-electron chi connectivity index (χ0n) is 35.7. The Bertz CT molecular complexity index is 3720. The molecule has 2 aliphatic heterocycles. The summed E-state index contributed by atoms with van der Waals surface area (Å²) in [5.74, 6) is 0. The minimum Gasteiger partial charge on any atom is -0.455 e. The summed E-state index contributed by atoms with van der Waals surface area (Å²) >= 11 is 0. The summed E-state index contributed by atoms with van der Waals surface area (Å²) in [4.78, 5) is 2.65. The molecule has 61 heavy (non-hydrogen) atoms. The Balaban J connectivity index is 1.29. The molecule has 292 valence electrons. The normalized spacial score (nSPS) is 13.8. The quantitative estimate of drug-likeness (QED) is 0.122. The first-order chi connectivity index (χ1) is 29.4. The van der Waals surface area contributed by atoms with E-state index in [2.05, 4.69) is 203 Å². The predicted molar refractivity (Wildman–Crippen MR) is 262 cm³/mol. The van der Waals surface area contributed by atoms with Gasteiger partial charge in [-0.1, -0.05) is 139 Å². The van der Waals surface area contributed by atoms with Gasteiger partial charge in [-0.15, -0.1) is 0 Å². The van der Waals surface area contributed by atoms with Gasteiger partial charge in [0.15, 0.2) is 0 Å². The van der Waals surface area contributed by atoms with E-state index in [1.54, 1.807) is 0 Å². The van der Waals surface area contributed by atoms with Crippen molar-refractivity contribution in [3.8, 4) is 11.1 Å². The predicted octanol–water partition coefficient (Wildman–Crippen LogP) is 14.5. The van der Waals surface area contributed by atoms with Crippen LogP contribution in [0.25, 0.3) is 87.2 Å². The van der Waals surface area contributed by atoms with Crippen molar-refractivity contribution in [3.63, 3.8) is 0 Å². The van der Waals surface area contributed by atoms with Crippen molar-refractivity contribution in [3.05, 3.63) is 162 Å². The zero-order valence-corrected chi connectivity index (χ0v) is 35.7. The fourth-order valence-corrected chi connectivity index (χ4v) is 11.1. The average Bonchev–Trinajstić information content (AvgIpc) is 3.80. The van der Waals surface area contributed by atoms with Crippen molar-refractivity contribution in [1.29, 1.82) is 0 Å². The lowest BCUT2D eigenvalue weighted by Gasteiger charge is -2.42. The van der Waals surface area contributed by atoms with Gasteiger partial charge in [0.05, 0.1) is 0 Å². The largest absolute Gasteiger partial charge is 0.455 e. The lowest BCUT2D eigenvalue weighted by Crippen LogP contribution is -2.57. The summed E-state index contributed by atoms with van der Waals surface area (Å²) in [7, 11) is 0. The van der Waals surface area contributed by atoms with Crippen molar-refractivity contribution in [1.82, 2.24) is 4.48 Å². The molecular weight excluding hydrogens is 739 g/mol. The van der Waals surface area contributed by atoms with Crippen molar-refractivity contribution in [2.75, 3.05) is 4.90 Å². The van der Waals surface area contributed by atoms with Crippen LogP contribution in [-0.2, 0) is 10.8 Å². The molecule has 0 unspecified atom stereocenters. The number of benzene rings is 9. The van der Waals surface area contributed by atoms with E-state index >= 15 is 0 Å². The van der Waals surface area contributed by atoms with Crippen LogP contribution in [0.2, 0.25) is 0 Å². The summed E-state index contributed by atoms with van der Waals surface area (Å²) < 4.78 is 9.82. The molecule has 0 spiro atoms. The number of hydrogen-bond acceptors (Lipinski definition) is 2. The summed E-state index contributed by atoms with van der Waals surface area (Å²) in [6.07, 6.45) is 0. The maximum absolute atomic E-state index is 7.13. The number of anilines is 3. The highest BCUT2D eigenvalue weighted by Crippen LogP contribution is 2.52. The molecule has 2 aliphatic rings. The van der Waals surface area contributed by atoms with E-state index in [9.17, 15) is 0 Å². The van der Waals surface area contributed by atoms with Crippen LogP contribution >= 0.6 is 0 Å². The average molecular weight is 785 g/mol. The summed E-state index contributed by atoms with van der Waals surface area (Å²) in [6.45, 7) is 16.3. The number of aryl methyl sites for hydroxylation is 1. The number of para-hydroxylation sites is 2. The van der Waals surface area contributed by atoms with Crippen LogP contribution in [0.15, 0.2) is 150 Å². The topological polar surface area (TPSA) is 21.3 Å². The molecule has 0 amide bonds. The van der Waals surface area contributed by atoms with E-state index in [0.29, 0.717) is 0 Å². The maximum Gasteiger partial charge on any atom is 0.333 e. The Morgan fingerprint density at radius 1 is 0.541 bits per heavy atom. The van der Waals surface area contributed by atoms with E-state index in [4.69, 9.17) is 4.42 Å². The first-order valence-electron chi connectivity index (χ1n) is 21.8. The number of aromatic nitrogens is 1. The van der Waals surface area contributed by atoms with Crippen LogP contribution < -0.4 is 15.8 Å². The SMILES string of the molecule is Cc1c2c(cc3cc4ccccc4cc13)B1c3c(cc4c(oc5ccccc54)c3-c3cc4ccccc4c4c5ccccc5n1c34)N2c1cc(C(C)(C)C)cc(C(C)(C)C)c1. The van der Waals surface area contributed by atoms with Crippen LogP contribution in [0.1, 0.15) is 58.2 Å². The Kier molecular flexibility index (Phi) is 6.74. The fraction of sp³-hybridized carbons (Fsp3) is 0.158. The minimum absolute atomic E-state index is 0.0612. The summed E-state index contributed by atoms with van der Waals surface area (Å²) in [6, 6.07) is 55.1. The Morgan fingerprint density at radius 3 is 1.92 bits per heavy atom. The molecule has 11 aromatic rings. The first-order valence-corrected chi connectivity index (χ1v) is 21.8. The molecule has 0 aliphatic carbocycles. The second-order valence-corrected chi connectivity index (χ2v) is 19.8. The smallest absolute Gasteiger partial charge is 0.333 e. The lowest BCUT2D eigenvalue weighted by molar-refractivity contribution is 0.569. The van der Waals surface area contributed by atoms with Crippen LogP contribution in [0.5, 0.6) is 0 Å². The van der Waals surface area contributed by atoms with Gasteiger partial charge in [-0.3, -0.25) is 0 Å². The van der Waals surface area contributed by atoms with Crippen molar-refractivity contribution in [2.24, 2.45) is 0 Å². The van der Waals surface area contributed by atoms with Gasteiger partial charge in [0.1, 0.15) is 11.2 Å². The first kappa shape index (κ1) is 35.0. The Hall–Kier alpha value is -6.78. The van der Waals surface area contributed by atoms with Crippen LogP contribution in [0.4, 0.5) is 17.1 Å². The number of furan rings is 1. The highest BCUT2D eigenvalue weighted by atomic mass is 16.3. The maximum atomic E-state index is 7.13. The second-order valence-electron chi connectivity index (χ2n) is 19.8. The third-order valence-corrected chi connectivity index (χ3v) is 14.1. The Labute approximate surface area is 355 Å². The molecule has 9 aromatic carbocycles. The summed E-state index contributed by atoms with van der Waals surface area (Å²) in [5.41, 5.74) is 16.9. The Morgan fingerprint density at radius 2 is 1.18 bits per heavy atom. The number of fused-ring (bicyclic) bond motifs is 15. The van der Waals surface area contributed by atoms with E-state index in [1.807, 2.05) is 0 Å². The van der Waals surface area contributed by atoms with Gasteiger partial charge < -0.3 is 13.8 Å². The van der Waals surface area contributed by atoms with Crippen molar-refractivity contribution < 1.29 is 4.42 Å². The fourth-order valence-electron chi connectivity index (χ4n) is 11.1. The summed E-state index contributed by atoms with van der Waals surface area (Å²) in [5, 5.41) is 12.5. The molecule has 4 heterocycles. The van der Waals surface area contributed by atoms with Gasteiger partial charge in [-0.2, -0.15) is 0 Å². The van der Waals surface area contributed by atoms with Gasteiger partial charge in [-0.25, -0.2) is 0 Å². The van der Waals surface area contributed by atoms with Crippen molar-refractivity contribution in [2.45, 2.75) is 59.3 Å². The third kappa shape index (κ3) is 4.65. The molecule has 4 heteroatoms. The molecule has 0 saturated heterocycles. The molecule has 0 bridgehead atoms. The van der Waals surface area contributed by atoms with Crippen molar-refractivity contribution >= 4 is 111 Å². The number of hydrogen-bond donors (Lipinski definition) is 0. The molecular formula is C57H45BN2O. The molecule has 0 N–H and O–H groups in total. The van der Waals surface area contributed by atoms with Gasteiger partial charge in [0.25, 0.3) is 0 Å². The third-order valence-electron chi connectivity index (χ3n) is 14.1. The van der Waals surface area contributed by atoms with E-state index < -0.39 is 0 Å². The van der Waals surface area contributed by atoms with Crippen LogP contribution in [-0.4, -0.2) is 11.3 Å². The standard InChI is InChI=1S/C57H45BN2O/c1-32-43-25-34-17-9-8-16-33(34)24-36(43)27-46-53(32)59(39-29-37(56(2,3)4)28-38(30-39)57(5,6)7)48-31-44-41-20-13-15-23-49(41)61-55(44)51-45-26-35-18-10-11-19-40(35)50-42-21-12-14-22-47(42)60(54(45)50)58(46)52(48)51/h8-31H,1-7H3. The van der Waals surface area contributed by atoms with Gasteiger partial charge >= 0.3 is 6.85 Å². The monoisotopic (exact) mass is 784 g/mol. The molecule has 2 aromatic heterocycles. The zero-order chi connectivity index (χ0) is 41.3. The van der Waals surface area contributed by atoms with E-state index in [0.717, 1.165) is 21.9 Å². The molecule has 0 atom stereocenters. The second kappa shape index (κ2) is 11.7. The minimum atomic E-state index is -0.118. The van der Waals surface area contributed by atoms with Gasteiger partial charge in [0.2, 0.25) is 0 Å². The van der Waals surface area contributed by atoms with Crippen LogP contribution in [0.3, 0.4) is 0 Å². The highest BCUT2D eigenvalue weighted by Gasteiger charge is 2.45. The molecule has 13 rings (SSSR count). The van der Waals surface area contributed by atoms with Gasteiger partial charge in [-0.05, 0) is 126 Å². The van der Waals surface area contributed by atoms with E-state index in [1.165, 1.54) is 110 Å². The van der Waals surface area contributed by atoms with Crippen LogP contribution in [0, 0.1) is 6.92 Å². The molecule has 0 fully saturated rings. The molecule has 0 saturated carbocycles. The number of nitrogens with zero attached hydrogens (tertiary/aromatic N) is 2. The van der Waals surface area contributed by atoms with Gasteiger partial charge in [0, 0.05) is 60.8 Å². The number of rotatable bonds is 1. The lowest BCUT2D eigenvalue weighted by atomic mass is 9.44.